The highest BCUT2D eigenvalue weighted by Gasteiger charge is 2.40. The number of rotatable bonds is 6. The molecule has 15 heteroatoms. The van der Waals surface area contributed by atoms with Crippen LogP contribution in [0.1, 0.15) is 32.8 Å². The van der Waals surface area contributed by atoms with Gasteiger partial charge in [-0.1, -0.05) is 30.3 Å². The van der Waals surface area contributed by atoms with Crippen molar-refractivity contribution in [1.82, 2.24) is 30.2 Å². The van der Waals surface area contributed by atoms with Crippen molar-refractivity contribution in [1.29, 1.82) is 0 Å². The van der Waals surface area contributed by atoms with Gasteiger partial charge in [0.2, 0.25) is 0 Å². The van der Waals surface area contributed by atoms with Gasteiger partial charge in [-0.2, -0.15) is 0 Å². The van der Waals surface area contributed by atoms with E-state index in [2.05, 4.69) is 15.8 Å². The number of hydrogen-bond acceptors (Lipinski definition) is 10. The maximum Gasteiger partial charge on any atom is 0.426 e. The summed E-state index contributed by atoms with van der Waals surface area (Å²) in [6.45, 7) is 6.43. The number of benzene rings is 1. The molecule has 4 rings (SSSR count). The van der Waals surface area contributed by atoms with Crippen LogP contribution in [-0.4, -0.2) is 107 Å². The van der Waals surface area contributed by atoms with E-state index in [0.29, 0.717) is 6.42 Å². The van der Waals surface area contributed by atoms with E-state index in [1.54, 1.807) is 20.8 Å². The van der Waals surface area contributed by atoms with E-state index < -0.39 is 48.2 Å². The number of aromatic nitrogens is 2. The average Bonchev–Trinajstić information content (AvgIpc) is 3.53. The molecule has 3 atom stereocenters. The molecule has 43 heavy (non-hydrogen) atoms. The lowest BCUT2D eigenvalue weighted by molar-refractivity contribution is -0.177. The van der Waals surface area contributed by atoms with Crippen LogP contribution in [-0.2, 0) is 30.3 Å². The first-order chi connectivity index (χ1) is 20.6. The Labute approximate surface area is 249 Å². The molecule has 2 fully saturated rings. The number of carbonyl (C=O) groups is 4. The fourth-order valence-electron chi connectivity index (χ4n) is 4.46. The summed E-state index contributed by atoms with van der Waals surface area (Å²) < 4.78 is 29.7. The zero-order chi connectivity index (χ0) is 30.8. The lowest BCUT2D eigenvalue weighted by Gasteiger charge is -2.39. The van der Waals surface area contributed by atoms with E-state index in [0.717, 1.165) is 5.56 Å². The number of urea groups is 1. The summed E-state index contributed by atoms with van der Waals surface area (Å²) in [6.07, 6.45) is 0.645. The van der Waals surface area contributed by atoms with Crippen molar-refractivity contribution >= 4 is 24.3 Å². The molecule has 2 N–H and O–H groups in total. The van der Waals surface area contributed by atoms with Crippen molar-refractivity contribution < 1.29 is 42.9 Å². The first kappa shape index (κ1) is 31.6. The Morgan fingerprint density at radius 2 is 1.72 bits per heavy atom. The van der Waals surface area contributed by atoms with Crippen molar-refractivity contribution in [3.63, 3.8) is 0 Å². The van der Waals surface area contributed by atoms with Crippen molar-refractivity contribution in [3.05, 3.63) is 54.6 Å². The van der Waals surface area contributed by atoms with Gasteiger partial charge in [0.05, 0.1) is 13.2 Å². The predicted molar refractivity (Wildman–Crippen MR) is 150 cm³/mol. The predicted octanol–water partition coefficient (Wildman–Crippen LogP) is 2.51. The van der Waals surface area contributed by atoms with Crippen LogP contribution >= 0.6 is 0 Å². The van der Waals surface area contributed by atoms with Crippen molar-refractivity contribution in [2.24, 2.45) is 0 Å². The standard InChI is InChI=1S/C28H38N6O9/c1-28(2,3)43-25(36)31-30-24(35)32-12-14-33(15-13-32)27(38)42-21-9-16-39-22(18-41-26(37)34-11-10-29-19-34)23(21)40-17-20-7-5-4-6-8-20/h4-8,10-11,19,21-23H,9,12-18H2,1-3H3,(H,30,35)(H,31,36)/t21-,22+,23+/m1/s1. The summed E-state index contributed by atoms with van der Waals surface area (Å²) in [4.78, 5) is 56.6. The monoisotopic (exact) mass is 602 g/mol. The second-order valence-electron chi connectivity index (χ2n) is 11.0. The zero-order valence-corrected chi connectivity index (χ0v) is 24.5. The molecule has 0 spiro atoms. The minimum atomic E-state index is -0.779. The quantitative estimate of drug-likeness (QED) is 0.371. The number of ether oxygens (including phenoxy) is 5. The van der Waals surface area contributed by atoms with E-state index in [4.69, 9.17) is 23.7 Å². The average molecular weight is 603 g/mol. The Morgan fingerprint density at radius 1 is 1.00 bits per heavy atom. The van der Waals surface area contributed by atoms with Crippen LogP contribution in [0.5, 0.6) is 0 Å². The highest BCUT2D eigenvalue weighted by molar-refractivity contribution is 5.78. The third kappa shape index (κ3) is 9.58. The number of imidazole rings is 1. The summed E-state index contributed by atoms with van der Waals surface area (Å²) in [5.74, 6) is 0. The first-order valence-corrected chi connectivity index (χ1v) is 14.0. The van der Waals surface area contributed by atoms with E-state index in [-0.39, 0.29) is 46.0 Å². The van der Waals surface area contributed by atoms with Gasteiger partial charge in [0, 0.05) is 45.0 Å². The number of hydrazine groups is 1. The minimum absolute atomic E-state index is 0.115. The molecular formula is C28H38N6O9. The molecule has 234 valence electrons. The molecule has 3 heterocycles. The number of piperazine rings is 1. The molecule has 4 amide bonds. The fraction of sp³-hybridized carbons (Fsp3) is 0.536. The SMILES string of the molecule is CC(C)(C)OC(=O)NNC(=O)N1CCN(C(=O)O[C@@H]2CCO[C@@H](COC(=O)n3ccnc3)[C@H]2OCc2ccccc2)CC1. The second kappa shape index (κ2) is 14.7. The highest BCUT2D eigenvalue weighted by Crippen LogP contribution is 2.24. The molecule has 1 aromatic carbocycles. The van der Waals surface area contributed by atoms with E-state index >= 15 is 0 Å². The largest absolute Gasteiger partial charge is 0.446 e. The Kier molecular flexibility index (Phi) is 10.8. The molecule has 0 unspecified atom stereocenters. The summed E-state index contributed by atoms with van der Waals surface area (Å²) >= 11 is 0. The molecular weight excluding hydrogens is 564 g/mol. The van der Waals surface area contributed by atoms with Gasteiger partial charge in [0.1, 0.15) is 36.8 Å². The smallest absolute Gasteiger partial charge is 0.426 e. The van der Waals surface area contributed by atoms with Gasteiger partial charge in [-0.05, 0) is 26.3 Å². The van der Waals surface area contributed by atoms with Gasteiger partial charge in [0.25, 0.3) is 0 Å². The fourth-order valence-corrected chi connectivity index (χ4v) is 4.46. The molecule has 2 aliphatic heterocycles. The van der Waals surface area contributed by atoms with Crippen molar-refractivity contribution in [2.75, 3.05) is 39.4 Å². The molecule has 0 aliphatic carbocycles. The molecule has 0 bridgehead atoms. The molecule has 2 aromatic rings. The van der Waals surface area contributed by atoms with E-state index in [1.165, 1.54) is 33.1 Å². The number of hydrogen-bond donors (Lipinski definition) is 2. The van der Waals surface area contributed by atoms with Crippen LogP contribution < -0.4 is 10.9 Å². The maximum absolute atomic E-state index is 13.2. The van der Waals surface area contributed by atoms with Gasteiger partial charge in [-0.25, -0.2) is 39.6 Å². The third-order valence-electron chi connectivity index (χ3n) is 6.59. The first-order valence-electron chi connectivity index (χ1n) is 14.0. The molecule has 15 nitrogen and oxygen atoms in total. The number of carbonyl (C=O) groups excluding carboxylic acids is 4. The molecule has 0 radical (unpaired) electrons. The summed E-state index contributed by atoms with van der Waals surface area (Å²) in [6, 6.07) is 8.99. The van der Waals surface area contributed by atoms with Gasteiger partial charge in [0.15, 0.2) is 0 Å². The van der Waals surface area contributed by atoms with E-state index in [1.807, 2.05) is 30.3 Å². The Morgan fingerprint density at radius 3 is 2.40 bits per heavy atom. The normalized spacial score (nSPS) is 20.6. The van der Waals surface area contributed by atoms with Crippen LogP contribution in [0.25, 0.3) is 0 Å². The van der Waals surface area contributed by atoms with Gasteiger partial charge >= 0.3 is 24.3 Å². The van der Waals surface area contributed by atoms with Crippen LogP contribution in [0.3, 0.4) is 0 Å². The van der Waals surface area contributed by atoms with Crippen LogP contribution in [0.4, 0.5) is 19.2 Å². The third-order valence-corrected chi connectivity index (χ3v) is 6.59. The molecule has 2 saturated heterocycles. The Bertz CT molecular complexity index is 1210. The van der Waals surface area contributed by atoms with Gasteiger partial charge in [-0.15, -0.1) is 0 Å². The van der Waals surface area contributed by atoms with Gasteiger partial charge in [-0.3, -0.25) is 0 Å². The number of nitrogens with zero attached hydrogens (tertiary/aromatic N) is 4. The lowest BCUT2D eigenvalue weighted by atomic mass is 10.0. The van der Waals surface area contributed by atoms with Crippen LogP contribution in [0.2, 0.25) is 0 Å². The lowest BCUT2D eigenvalue weighted by Crippen LogP contribution is -2.57. The van der Waals surface area contributed by atoms with Crippen LogP contribution in [0, 0.1) is 0 Å². The Balaban J connectivity index is 1.30. The number of amides is 4. The van der Waals surface area contributed by atoms with Crippen molar-refractivity contribution in [3.8, 4) is 0 Å². The van der Waals surface area contributed by atoms with Gasteiger partial charge < -0.3 is 33.5 Å². The molecule has 1 aromatic heterocycles. The highest BCUT2D eigenvalue weighted by atomic mass is 16.6. The zero-order valence-electron chi connectivity index (χ0n) is 24.5. The maximum atomic E-state index is 13.2. The van der Waals surface area contributed by atoms with Crippen molar-refractivity contribution in [2.45, 2.75) is 57.7 Å². The topological polar surface area (TPSA) is 163 Å². The summed E-state index contributed by atoms with van der Waals surface area (Å²) in [7, 11) is 0. The molecule has 2 aliphatic rings. The summed E-state index contributed by atoms with van der Waals surface area (Å²) in [5, 5.41) is 0. The summed E-state index contributed by atoms with van der Waals surface area (Å²) in [5.41, 5.74) is 4.73. The number of nitrogens with one attached hydrogen (secondary N) is 2. The Hall–Kier alpha value is -4.37. The molecule has 0 saturated carbocycles. The minimum Gasteiger partial charge on any atom is -0.446 e. The second-order valence-corrected chi connectivity index (χ2v) is 11.0. The van der Waals surface area contributed by atoms with Crippen LogP contribution in [0.15, 0.2) is 49.1 Å². The van der Waals surface area contributed by atoms with E-state index in [9.17, 15) is 19.2 Å².